The second-order valence-corrected chi connectivity index (χ2v) is 5.39. The Kier molecular flexibility index (Phi) is 4.20. The Morgan fingerprint density at radius 3 is 2.20 bits per heavy atom. The van der Waals surface area contributed by atoms with Gasteiger partial charge < -0.3 is 10.2 Å². The molecule has 0 fully saturated rings. The van der Waals surface area contributed by atoms with Gasteiger partial charge in [0.25, 0.3) is 0 Å². The van der Waals surface area contributed by atoms with E-state index in [9.17, 15) is 10.2 Å². The predicted octanol–water partition coefficient (Wildman–Crippen LogP) is 2.60. The van der Waals surface area contributed by atoms with Gasteiger partial charge in [-0.05, 0) is 38.5 Å². The molecule has 0 saturated heterocycles. The first-order chi connectivity index (χ1) is 6.88. The lowest BCUT2D eigenvalue weighted by Gasteiger charge is -2.16. The van der Waals surface area contributed by atoms with Crippen molar-refractivity contribution >= 4 is 11.8 Å². The summed E-state index contributed by atoms with van der Waals surface area (Å²) < 4.78 is 0. The van der Waals surface area contributed by atoms with E-state index in [4.69, 9.17) is 0 Å². The van der Waals surface area contributed by atoms with Crippen molar-refractivity contribution in [3.63, 3.8) is 0 Å². The predicted molar refractivity (Wildman–Crippen MR) is 64.1 cm³/mol. The fraction of sp³-hybridized carbons (Fsp3) is 0.500. The molecule has 0 aliphatic carbocycles. The van der Waals surface area contributed by atoms with Crippen LogP contribution >= 0.6 is 11.8 Å². The average Bonchev–Trinajstić information content (AvgIpc) is 2.14. The minimum atomic E-state index is -0.645. The number of hydrogen-bond acceptors (Lipinski definition) is 3. The molecule has 0 aliphatic heterocycles. The van der Waals surface area contributed by atoms with Gasteiger partial charge in [-0.15, -0.1) is 11.8 Å². The summed E-state index contributed by atoms with van der Waals surface area (Å²) in [6.45, 7) is 5.34. The summed E-state index contributed by atoms with van der Waals surface area (Å²) >= 11 is 1.62. The van der Waals surface area contributed by atoms with Crippen molar-refractivity contribution in [3.05, 3.63) is 29.8 Å². The lowest BCUT2D eigenvalue weighted by Crippen LogP contribution is -2.21. The minimum Gasteiger partial charge on any atom is -0.390 e. The summed E-state index contributed by atoms with van der Waals surface area (Å²) in [6.07, 6.45) is -0.418. The van der Waals surface area contributed by atoms with Crippen LogP contribution in [0.15, 0.2) is 29.2 Å². The van der Waals surface area contributed by atoms with E-state index < -0.39 is 11.7 Å². The first kappa shape index (κ1) is 12.6. The Bertz CT molecular complexity index is 298. The van der Waals surface area contributed by atoms with Crippen LogP contribution in [-0.2, 0) is 0 Å². The van der Waals surface area contributed by atoms with E-state index in [1.54, 1.807) is 32.5 Å². The van der Waals surface area contributed by atoms with Crippen molar-refractivity contribution in [2.24, 2.45) is 0 Å². The Morgan fingerprint density at radius 2 is 1.80 bits per heavy atom. The van der Waals surface area contributed by atoms with E-state index in [1.807, 2.05) is 24.3 Å². The molecular weight excluding hydrogens is 208 g/mol. The molecule has 15 heavy (non-hydrogen) atoms. The lowest BCUT2D eigenvalue weighted by atomic mass is 10.1. The zero-order valence-electron chi connectivity index (χ0n) is 9.40. The number of thioether (sulfide) groups is 1. The Morgan fingerprint density at radius 1 is 1.27 bits per heavy atom. The van der Waals surface area contributed by atoms with Gasteiger partial charge in [0.05, 0.1) is 11.7 Å². The molecule has 0 spiro atoms. The number of rotatable bonds is 4. The summed E-state index contributed by atoms with van der Waals surface area (Å²) in [7, 11) is 0. The molecule has 1 unspecified atom stereocenters. The third-order valence-electron chi connectivity index (χ3n) is 1.95. The maximum absolute atomic E-state index is 9.56. The normalized spacial score (nSPS) is 13.9. The van der Waals surface area contributed by atoms with Gasteiger partial charge >= 0.3 is 0 Å². The van der Waals surface area contributed by atoms with Gasteiger partial charge in [-0.25, -0.2) is 0 Å². The van der Waals surface area contributed by atoms with E-state index in [0.29, 0.717) is 5.75 Å². The SMILES string of the molecule is CC(O)c1ccc(SCC(C)(C)O)cc1. The molecule has 1 atom stereocenters. The molecule has 1 aromatic rings. The molecule has 0 bridgehead atoms. The van der Waals surface area contributed by atoms with Crippen molar-refractivity contribution in [3.8, 4) is 0 Å². The lowest BCUT2D eigenvalue weighted by molar-refractivity contribution is 0.107. The molecule has 0 aromatic heterocycles. The first-order valence-electron chi connectivity index (χ1n) is 5.02. The van der Waals surface area contributed by atoms with Crippen LogP contribution < -0.4 is 0 Å². The monoisotopic (exact) mass is 226 g/mol. The molecule has 84 valence electrons. The van der Waals surface area contributed by atoms with Crippen LogP contribution in [-0.4, -0.2) is 21.6 Å². The van der Waals surface area contributed by atoms with Crippen molar-refractivity contribution in [1.82, 2.24) is 0 Å². The summed E-state index contributed by atoms with van der Waals surface area (Å²) in [6, 6.07) is 7.77. The molecular formula is C12H18O2S. The molecule has 2 N–H and O–H groups in total. The van der Waals surface area contributed by atoms with Crippen molar-refractivity contribution < 1.29 is 10.2 Å². The molecule has 0 saturated carbocycles. The Balaban J connectivity index is 2.57. The van der Waals surface area contributed by atoms with Crippen molar-refractivity contribution in [2.45, 2.75) is 37.4 Å². The van der Waals surface area contributed by atoms with Gasteiger partial charge in [0.2, 0.25) is 0 Å². The van der Waals surface area contributed by atoms with Crippen molar-refractivity contribution in [2.75, 3.05) is 5.75 Å². The van der Waals surface area contributed by atoms with Crippen LogP contribution in [0.3, 0.4) is 0 Å². The van der Waals surface area contributed by atoms with Gasteiger partial charge in [0.15, 0.2) is 0 Å². The Hall–Kier alpha value is -0.510. The van der Waals surface area contributed by atoms with Crippen LogP contribution in [0.1, 0.15) is 32.4 Å². The molecule has 0 radical (unpaired) electrons. The summed E-state index contributed by atoms with van der Waals surface area (Å²) in [5.74, 6) is 0.668. The number of aliphatic hydroxyl groups excluding tert-OH is 1. The standard InChI is InChI=1S/C12H18O2S/c1-9(13)10-4-6-11(7-5-10)15-8-12(2,3)14/h4-7,9,13-14H,8H2,1-3H3. The Labute approximate surface area is 95.3 Å². The van der Waals surface area contributed by atoms with Crippen molar-refractivity contribution in [1.29, 1.82) is 0 Å². The second-order valence-electron chi connectivity index (χ2n) is 4.35. The average molecular weight is 226 g/mol. The molecule has 1 aromatic carbocycles. The van der Waals surface area contributed by atoms with E-state index in [-0.39, 0.29) is 0 Å². The zero-order chi connectivity index (χ0) is 11.5. The molecule has 3 heteroatoms. The molecule has 1 rings (SSSR count). The van der Waals surface area contributed by atoms with Crippen LogP contribution in [0.25, 0.3) is 0 Å². The fourth-order valence-corrected chi connectivity index (χ4v) is 1.95. The topological polar surface area (TPSA) is 40.5 Å². The summed E-state index contributed by atoms with van der Waals surface area (Å²) in [5.41, 5.74) is 0.274. The van der Waals surface area contributed by atoms with E-state index in [1.165, 1.54) is 0 Å². The van der Waals surface area contributed by atoms with Gasteiger partial charge in [-0.1, -0.05) is 12.1 Å². The van der Waals surface area contributed by atoms with E-state index >= 15 is 0 Å². The van der Waals surface area contributed by atoms with Gasteiger partial charge in [-0.2, -0.15) is 0 Å². The molecule has 0 amide bonds. The summed E-state index contributed by atoms with van der Waals surface area (Å²) in [4.78, 5) is 1.11. The second kappa shape index (κ2) is 5.01. The van der Waals surface area contributed by atoms with Crippen LogP contribution in [0, 0.1) is 0 Å². The summed E-state index contributed by atoms with van der Waals surface area (Å²) in [5, 5.41) is 18.9. The number of aliphatic hydroxyl groups is 2. The highest BCUT2D eigenvalue weighted by molar-refractivity contribution is 7.99. The zero-order valence-corrected chi connectivity index (χ0v) is 10.2. The highest BCUT2D eigenvalue weighted by atomic mass is 32.2. The third-order valence-corrected chi connectivity index (χ3v) is 3.41. The molecule has 0 heterocycles. The van der Waals surface area contributed by atoms with Gasteiger partial charge in [0.1, 0.15) is 0 Å². The smallest absolute Gasteiger partial charge is 0.0761 e. The highest BCUT2D eigenvalue weighted by Gasteiger charge is 2.12. The maximum atomic E-state index is 9.56. The van der Waals surface area contributed by atoms with Crippen LogP contribution in [0.2, 0.25) is 0 Å². The number of benzene rings is 1. The fourth-order valence-electron chi connectivity index (χ4n) is 1.10. The third kappa shape index (κ3) is 4.69. The minimum absolute atomic E-state index is 0.418. The molecule has 0 aliphatic rings. The number of hydrogen-bond donors (Lipinski definition) is 2. The van der Waals surface area contributed by atoms with Gasteiger partial charge in [0, 0.05) is 10.6 Å². The van der Waals surface area contributed by atoms with E-state index in [2.05, 4.69) is 0 Å². The maximum Gasteiger partial charge on any atom is 0.0761 e. The van der Waals surface area contributed by atoms with Crippen LogP contribution in [0.4, 0.5) is 0 Å². The van der Waals surface area contributed by atoms with Crippen LogP contribution in [0.5, 0.6) is 0 Å². The largest absolute Gasteiger partial charge is 0.390 e. The highest BCUT2D eigenvalue weighted by Crippen LogP contribution is 2.24. The quantitative estimate of drug-likeness (QED) is 0.775. The van der Waals surface area contributed by atoms with E-state index in [0.717, 1.165) is 10.5 Å². The molecule has 2 nitrogen and oxygen atoms in total. The first-order valence-corrected chi connectivity index (χ1v) is 6.00. The van der Waals surface area contributed by atoms with Gasteiger partial charge in [-0.3, -0.25) is 0 Å².